The Bertz CT molecular complexity index is 520. The third kappa shape index (κ3) is 2.05. The van der Waals surface area contributed by atoms with Gasteiger partial charge >= 0.3 is 5.97 Å². The van der Waals surface area contributed by atoms with Crippen molar-refractivity contribution in [3.05, 3.63) is 36.3 Å². The highest BCUT2D eigenvalue weighted by molar-refractivity contribution is 5.86. The lowest BCUT2D eigenvalue weighted by Gasteiger charge is -2.23. The molecule has 2 N–H and O–H groups in total. The molecule has 0 saturated heterocycles. The van der Waals surface area contributed by atoms with Crippen molar-refractivity contribution in [3.63, 3.8) is 0 Å². The molecule has 1 aromatic heterocycles. The van der Waals surface area contributed by atoms with Gasteiger partial charge in [0.05, 0.1) is 24.4 Å². The number of fused-ring (bicyclic) bond motifs is 2. The molecule has 19 heavy (non-hydrogen) atoms. The molecule has 1 saturated carbocycles. The van der Waals surface area contributed by atoms with Gasteiger partial charge in [0.15, 0.2) is 0 Å². The van der Waals surface area contributed by atoms with E-state index < -0.39 is 17.8 Å². The Morgan fingerprint density at radius 3 is 2.68 bits per heavy atom. The molecule has 100 valence electrons. The SMILES string of the molecule is O=C(O)[C@@H]1[C@H](C(=O)NCc2ccoc2)[C@H]2C=C[C@H]1C2. The van der Waals surface area contributed by atoms with Crippen LogP contribution in [0, 0.1) is 23.7 Å². The van der Waals surface area contributed by atoms with E-state index in [2.05, 4.69) is 5.32 Å². The first-order valence-corrected chi connectivity index (χ1v) is 6.36. The van der Waals surface area contributed by atoms with Crippen molar-refractivity contribution in [1.29, 1.82) is 0 Å². The number of allylic oxidation sites excluding steroid dienone is 2. The lowest BCUT2D eigenvalue weighted by atomic mass is 9.82. The Morgan fingerprint density at radius 2 is 2.05 bits per heavy atom. The maximum absolute atomic E-state index is 12.2. The summed E-state index contributed by atoms with van der Waals surface area (Å²) >= 11 is 0. The number of amides is 1. The minimum atomic E-state index is -0.875. The average Bonchev–Trinajstić information content (AvgIpc) is 3.10. The van der Waals surface area contributed by atoms with Gasteiger partial charge < -0.3 is 14.8 Å². The van der Waals surface area contributed by atoms with E-state index in [1.807, 2.05) is 12.2 Å². The third-order valence-electron chi connectivity index (χ3n) is 4.09. The van der Waals surface area contributed by atoms with Crippen LogP contribution >= 0.6 is 0 Å². The summed E-state index contributed by atoms with van der Waals surface area (Å²) < 4.78 is 4.92. The summed E-state index contributed by atoms with van der Waals surface area (Å²) in [6, 6.07) is 1.77. The fraction of sp³-hybridized carbons (Fsp3) is 0.429. The van der Waals surface area contributed by atoms with Gasteiger partial charge in [-0.2, -0.15) is 0 Å². The van der Waals surface area contributed by atoms with E-state index in [4.69, 9.17) is 4.42 Å². The highest BCUT2D eigenvalue weighted by Crippen LogP contribution is 2.48. The summed E-state index contributed by atoms with van der Waals surface area (Å²) in [5.74, 6) is -2.01. The van der Waals surface area contributed by atoms with E-state index in [9.17, 15) is 14.7 Å². The largest absolute Gasteiger partial charge is 0.481 e. The zero-order valence-electron chi connectivity index (χ0n) is 10.3. The van der Waals surface area contributed by atoms with E-state index in [0.717, 1.165) is 12.0 Å². The molecule has 0 aromatic carbocycles. The normalized spacial score (nSPS) is 31.6. The van der Waals surface area contributed by atoms with Gasteiger partial charge in [0.1, 0.15) is 0 Å². The molecular weight excluding hydrogens is 246 g/mol. The van der Waals surface area contributed by atoms with Crippen molar-refractivity contribution in [2.75, 3.05) is 0 Å². The maximum Gasteiger partial charge on any atom is 0.307 e. The summed E-state index contributed by atoms with van der Waals surface area (Å²) in [6.07, 6.45) is 7.80. The predicted molar refractivity (Wildman–Crippen MR) is 65.9 cm³/mol. The molecule has 1 fully saturated rings. The van der Waals surface area contributed by atoms with Crippen molar-refractivity contribution >= 4 is 11.9 Å². The molecule has 2 aliphatic rings. The number of aliphatic carboxylic acids is 1. The summed E-state index contributed by atoms with van der Waals surface area (Å²) in [7, 11) is 0. The number of hydrogen-bond acceptors (Lipinski definition) is 3. The second kappa shape index (κ2) is 4.57. The highest BCUT2D eigenvalue weighted by Gasteiger charge is 2.51. The van der Waals surface area contributed by atoms with Crippen LogP contribution in [0.15, 0.2) is 35.2 Å². The second-order valence-corrected chi connectivity index (χ2v) is 5.19. The molecule has 2 aliphatic carbocycles. The van der Waals surface area contributed by atoms with E-state index >= 15 is 0 Å². The monoisotopic (exact) mass is 261 g/mol. The van der Waals surface area contributed by atoms with Crippen molar-refractivity contribution in [1.82, 2.24) is 5.32 Å². The fourth-order valence-corrected chi connectivity index (χ4v) is 3.22. The Morgan fingerprint density at radius 1 is 1.32 bits per heavy atom. The second-order valence-electron chi connectivity index (χ2n) is 5.19. The fourth-order valence-electron chi connectivity index (χ4n) is 3.22. The maximum atomic E-state index is 12.2. The lowest BCUT2D eigenvalue weighted by Crippen LogP contribution is -2.39. The van der Waals surface area contributed by atoms with Gasteiger partial charge in [-0.05, 0) is 24.3 Å². The first kappa shape index (κ1) is 12.0. The van der Waals surface area contributed by atoms with Crippen LogP contribution in [0.3, 0.4) is 0 Å². The van der Waals surface area contributed by atoms with Crippen molar-refractivity contribution < 1.29 is 19.1 Å². The Hall–Kier alpha value is -2.04. The van der Waals surface area contributed by atoms with Gasteiger partial charge in [0.2, 0.25) is 5.91 Å². The molecule has 4 atom stereocenters. The smallest absolute Gasteiger partial charge is 0.307 e. The van der Waals surface area contributed by atoms with Crippen molar-refractivity contribution in [2.45, 2.75) is 13.0 Å². The number of furan rings is 1. The first-order valence-electron chi connectivity index (χ1n) is 6.36. The van der Waals surface area contributed by atoms with Crippen LogP contribution in [0.4, 0.5) is 0 Å². The van der Waals surface area contributed by atoms with Crippen LogP contribution in [-0.2, 0) is 16.1 Å². The molecule has 2 bridgehead atoms. The van der Waals surface area contributed by atoms with E-state index in [1.165, 1.54) is 0 Å². The van der Waals surface area contributed by atoms with Crippen LogP contribution in [-0.4, -0.2) is 17.0 Å². The number of carbonyl (C=O) groups is 2. The minimum Gasteiger partial charge on any atom is -0.481 e. The molecular formula is C14H15NO4. The molecule has 0 spiro atoms. The van der Waals surface area contributed by atoms with Gasteiger partial charge in [0, 0.05) is 12.1 Å². The average molecular weight is 261 g/mol. The van der Waals surface area contributed by atoms with Gasteiger partial charge in [-0.15, -0.1) is 0 Å². The van der Waals surface area contributed by atoms with Crippen LogP contribution in [0.1, 0.15) is 12.0 Å². The topological polar surface area (TPSA) is 79.5 Å². The van der Waals surface area contributed by atoms with E-state index in [-0.39, 0.29) is 17.7 Å². The number of carboxylic acids is 1. The highest BCUT2D eigenvalue weighted by atomic mass is 16.4. The molecule has 1 heterocycles. The molecule has 5 nitrogen and oxygen atoms in total. The molecule has 0 radical (unpaired) electrons. The predicted octanol–water partition coefficient (Wildman–Crippen LogP) is 1.42. The van der Waals surface area contributed by atoms with Crippen molar-refractivity contribution in [2.24, 2.45) is 23.7 Å². The number of nitrogens with one attached hydrogen (secondary N) is 1. The van der Waals surface area contributed by atoms with Gasteiger partial charge in [-0.25, -0.2) is 0 Å². The molecule has 1 amide bonds. The Balaban J connectivity index is 1.68. The van der Waals surface area contributed by atoms with Crippen LogP contribution in [0.5, 0.6) is 0 Å². The summed E-state index contributed by atoms with van der Waals surface area (Å²) in [4.78, 5) is 23.5. The number of rotatable bonds is 4. The van der Waals surface area contributed by atoms with E-state index in [0.29, 0.717) is 6.54 Å². The van der Waals surface area contributed by atoms with Crippen LogP contribution in [0.2, 0.25) is 0 Å². The third-order valence-corrected chi connectivity index (χ3v) is 4.09. The van der Waals surface area contributed by atoms with Crippen LogP contribution < -0.4 is 5.32 Å². The molecule has 3 rings (SSSR count). The molecule has 0 unspecified atom stereocenters. The quantitative estimate of drug-likeness (QED) is 0.803. The van der Waals surface area contributed by atoms with Crippen molar-refractivity contribution in [3.8, 4) is 0 Å². The Kier molecular flexibility index (Phi) is 2.89. The standard InChI is InChI=1S/C14H15NO4/c16-13(15-6-8-3-4-19-7-8)11-9-1-2-10(5-9)12(11)14(17)18/h1-4,7,9-12H,5-6H2,(H,15,16)(H,17,18)/t9-,10-,11+,12-/m0/s1. The number of hydrogen-bond donors (Lipinski definition) is 2. The zero-order valence-corrected chi connectivity index (χ0v) is 10.3. The summed E-state index contributed by atoms with van der Waals surface area (Å²) in [5.41, 5.74) is 0.874. The summed E-state index contributed by atoms with van der Waals surface area (Å²) in [6.45, 7) is 0.374. The number of carbonyl (C=O) groups excluding carboxylic acids is 1. The molecule has 1 aromatic rings. The molecule has 5 heteroatoms. The van der Waals surface area contributed by atoms with E-state index in [1.54, 1.807) is 18.6 Å². The zero-order chi connectivity index (χ0) is 13.4. The van der Waals surface area contributed by atoms with Gasteiger partial charge in [-0.3, -0.25) is 9.59 Å². The molecule has 0 aliphatic heterocycles. The van der Waals surface area contributed by atoms with Crippen LogP contribution in [0.25, 0.3) is 0 Å². The summed E-state index contributed by atoms with van der Waals surface area (Å²) in [5, 5.41) is 12.1. The number of carboxylic acid groups (broad SMARTS) is 1. The first-order chi connectivity index (χ1) is 9.16. The minimum absolute atomic E-state index is 0.00664. The van der Waals surface area contributed by atoms with Gasteiger partial charge in [0.25, 0.3) is 0 Å². The van der Waals surface area contributed by atoms with Gasteiger partial charge in [-0.1, -0.05) is 12.2 Å². The Labute approximate surface area is 110 Å². The lowest BCUT2D eigenvalue weighted by molar-refractivity contribution is -0.147.